The second-order valence-corrected chi connectivity index (χ2v) is 4.50. The molecule has 1 aliphatic carbocycles. The van der Waals surface area contributed by atoms with E-state index < -0.39 is 0 Å². The van der Waals surface area contributed by atoms with Crippen molar-refractivity contribution in [3.05, 3.63) is 0 Å². The highest BCUT2D eigenvalue weighted by Crippen LogP contribution is 2.48. The number of nitrogens with two attached hydrogens (primary N) is 1. The molecule has 5 heteroatoms. The molecule has 0 radical (unpaired) electrons. The largest absolute Gasteiger partial charge is 0.409 e. The number of hydrogen-bond acceptors (Lipinski definition) is 4. The van der Waals surface area contributed by atoms with Gasteiger partial charge in [-0.25, -0.2) is 0 Å². The maximum Gasteiger partial charge on any atom is 0.139 e. The van der Waals surface area contributed by atoms with E-state index in [0.717, 1.165) is 32.7 Å². The summed E-state index contributed by atoms with van der Waals surface area (Å²) in [5.41, 5.74) is 5.77. The lowest BCUT2D eigenvalue weighted by atomic mass is 10.0. The van der Waals surface area contributed by atoms with Gasteiger partial charge in [0.2, 0.25) is 0 Å². The summed E-state index contributed by atoms with van der Waals surface area (Å²) in [6, 6.07) is 0. The zero-order valence-electron chi connectivity index (χ0n) is 10.0. The van der Waals surface area contributed by atoms with Gasteiger partial charge in [-0.3, -0.25) is 0 Å². The van der Waals surface area contributed by atoms with Crippen molar-refractivity contribution in [2.45, 2.75) is 32.6 Å². The summed E-state index contributed by atoms with van der Waals surface area (Å²) < 4.78 is 5.25. The van der Waals surface area contributed by atoms with E-state index >= 15 is 0 Å². The Bertz CT molecular complexity index is 227. The van der Waals surface area contributed by atoms with Gasteiger partial charge in [-0.05, 0) is 38.1 Å². The van der Waals surface area contributed by atoms with E-state index in [-0.39, 0.29) is 5.41 Å². The molecule has 0 spiro atoms. The zero-order valence-corrected chi connectivity index (χ0v) is 10.0. The molecule has 0 aromatic rings. The monoisotopic (exact) mass is 229 g/mol. The first-order valence-electron chi connectivity index (χ1n) is 5.97. The van der Waals surface area contributed by atoms with Gasteiger partial charge in [-0.1, -0.05) is 5.16 Å². The fourth-order valence-electron chi connectivity index (χ4n) is 1.81. The summed E-state index contributed by atoms with van der Waals surface area (Å²) in [6.45, 7) is 5.53. The van der Waals surface area contributed by atoms with Gasteiger partial charge in [0.05, 0.1) is 0 Å². The average Bonchev–Trinajstić information content (AvgIpc) is 3.03. The van der Waals surface area contributed by atoms with Crippen molar-refractivity contribution >= 4 is 5.84 Å². The van der Waals surface area contributed by atoms with Crippen molar-refractivity contribution in [2.24, 2.45) is 16.3 Å². The van der Waals surface area contributed by atoms with E-state index in [2.05, 4.69) is 10.5 Å². The molecule has 0 atom stereocenters. The molecule has 16 heavy (non-hydrogen) atoms. The van der Waals surface area contributed by atoms with Crippen molar-refractivity contribution < 1.29 is 9.94 Å². The molecule has 0 saturated heterocycles. The summed E-state index contributed by atoms with van der Waals surface area (Å²) in [6.07, 6.45) is 4.07. The normalized spacial score (nSPS) is 18.7. The van der Waals surface area contributed by atoms with Crippen molar-refractivity contribution in [2.75, 3.05) is 26.3 Å². The van der Waals surface area contributed by atoms with Gasteiger partial charge in [0.1, 0.15) is 5.84 Å². The maximum absolute atomic E-state index is 8.52. The molecule has 0 aliphatic heterocycles. The van der Waals surface area contributed by atoms with Gasteiger partial charge in [0.25, 0.3) is 0 Å². The Hall–Kier alpha value is -0.810. The summed E-state index contributed by atoms with van der Waals surface area (Å²) in [5, 5.41) is 15.0. The molecule has 1 saturated carbocycles. The topological polar surface area (TPSA) is 79.9 Å². The summed E-state index contributed by atoms with van der Waals surface area (Å²) >= 11 is 0. The molecular formula is C11H23N3O2. The fourth-order valence-corrected chi connectivity index (χ4v) is 1.81. The van der Waals surface area contributed by atoms with Crippen LogP contribution in [-0.4, -0.2) is 37.3 Å². The molecule has 0 amide bonds. The van der Waals surface area contributed by atoms with E-state index in [0.29, 0.717) is 12.3 Å². The van der Waals surface area contributed by atoms with Crippen molar-refractivity contribution in [1.82, 2.24) is 5.32 Å². The van der Waals surface area contributed by atoms with Gasteiger partial charge in [-0.2, -0.15) is 0 Å². The molecule has 0 aromatic heterocycles. The van der Waals surface area contributed by atoms with Crippen LogP contribution in [0, 0.1) is 5.41 Å². The highest BCUT2D eigenvalue weighted by atomic mass is 16.5. The van der Waals surface area contributed by atoms with Crippen LogP contribution in [0.4, 0.5) is 0 Å². The summed E-state index contributed by atoms with van der Waals surface area (Å²) in [5.74, 6) is 0.341. The van der Waals surface area contributed by atoms with Crippen LogP contribution in [0.2, 0.25) is 0 Å². The third-order valence-electron chi connectivity index (χ3n) is 2.99. The van der Waals surface area contributed by atoms with Crippen LogP contribution < -0.4 is 11.1 Å². The van der Waals surface area contributed by atoms with Gasteiger partial charge in [-0.15, -0.1) is 0 Å². The fraction of sp³-hybridized carbons (Fsp3) is 0.909. The van der Waals surface area contributed by atoms with E-state index in [4.69, 9.17) is 15.7 Å². The number of amidine groups is 1. The van der Waals surface area contributed by atoms with Crippen LogP contribution in [0.5, 0.6) is 0 Å². The number of oxime groups is 1. The predicted octanol–water partition coefficient (Wildman–Crippen LogP) is 0.919. The van der Waals surface area contributed by atoms with Crippen LogP contribution in [0.15, 0.2) is 5.16 Å². The average molecular weight is 229 g/mol. The van der Waals surface area contributed by atoms with Crippen LogP contribution in [-0.2, 0) is 4.74 Å². The lowest BCUT2D eigenvalue weighted by Gasteiger charge is -2.14. The van der Waals surface area contributed by atoms with Crippen molar-refractivity contribution in [1.29, 1.82) is 0 Å². The Morgan fingerprint density at radius 3 is 2.88 bits per heavy atom. The zero-order chi connectivity index (χ0) is 11.9. The molecule has 0 bridgehead atoms. The maximum atomic E-state index is 8.52. The quantitative estimate of drug-likeness (QED) is 0.180. The Balaban J connectivity index is 2.04. The minimum Gasteiger partial charge on any atom is -0.409 e. The minimum atomic E-state index is 0.252. The Labute approximate surface area is 97.0 Å². The first-order valence-corrected chi connectivity index (χ1v) is 5.97. The third-order valence-corrected chi connectivity index (χ3v) is 2.99. The predicted molar refractivity (Wildman–Crippen MR) is 63.7 cm³/mol. The Kier molecular flexibility index (Phi) is 5.55. The van der Waals surface area contributed by atoms with Crippen molar-refractivity contribution in [3.63, 3.8) is 0 Å². The standard InChI is InChI=1S/C11H23N3O2/c1-2-16-7-3-6-13-9-11(4-5-11)8-10(12)14-15/h13,15H,2-9H2,1H3,(H2,12,14). The molecule has 4 N–H and O–H groups in total. The molecule has 0 unspecified atom stereocenters. The molecular weight excluding hydrogens is 206 g/mol. The second kappa shape index (κ2) is 6.70. The highest BCUT2D eigenvalue weighted by molar-refractivity contribution is 5.80. The van der Waals surface area contributed by atoms with E-state index in [1.54, 1.807) is 0 Å². The number of nitrogens with zero attached hydrogens (tertiary/aromatic N) is 1. The third kappa shape index (κ3) is 4.81. The van der Waals surface area contributed by atoms with Crippen LogP contribution in [0.25, 0.3) is 0 Å². The van der Waals surface area contributed by atoms with Crippen LogP contribution in [0.1, 0.15) is 32.6 Å². The lowest BCUT2D eigenvalue weighted by molar-refractivity contribution is 0.144. The lowest BCUT2D eigenvalue weighted by Crippen LogP contribution is -2.29. The van der Waals surface area contributed by atoms with E-state index in [9.17, 15) is 0 Å². The molecule has 0 aromatic carbocycles. The number of nitrogens with one attached hydrogen (secondary N) is 1. The van der Waals surface area contributed by atoms with E-state index in [1.807, 2.05) is 6.92 Å². The Morgan fingerprint density at radius 2 is 2.31 bits per heavy atom. The smallest absolute Gasteiger partial charge is 0.139 e. The van der Waals surface area contributed by atoms with Gasteiger partial charge >= 0.3 is 0 Å². The van der Waals surface area contributed by atoms with Gasteiger partial charge in [0.15, 0.2) is 0 Å². The number of rotatable bonds is 9. The first kappa shape index (κ1) is 13.3. The Morgan fingerprint density at radius 1 is 1.56 bits per heavy atom. The SMILES string of the molecule is CCOCCCNCC1(CC(N)=NO)CC1. The molecule has 1 fully saturated rings. The highest BCUT2D eigenvalue weighted by Gasteiger charge is 2.42. The van der Waals surface area contributed by atoms with Crippen LogP contribution >= 0.6 is 0 Å². The van der Waals surface area contributed by atoms with Crippen LogP contribution in [0.3, 0.4) is 0 Å². The molecule has 1 aliphatic rings. The van der Waals surface area contributed by atoms with E-state index in [1.165, 1.54) is 12.8 Å². The van der Waals surface area contributed by atoms with Crippen molar-refractivity contribution in [3.8, 4) is 0 Å². The first-order chi connectivity index (χ1) is 7.72. The van der Waals surface area contributed by atoms with Gasteiger partial charge < -0.3 is 21.0 Å². The molecule has 1 rings (SSSR count). The summed E-state index contributed by atoms with van der Waals surface area (Å²) in [7, 11) is 0. The number of hydrogen-bond donors (Lipinski definition) is 3. The van der Waals surface area contributed by atoms with Gasteiger partial charge in [0, 0.05) is 26.2 Å². The number of ether oxygens (including phenoxy) is 1. The molecule has 5 nitrogen and oxygen atoms in total. The molecule has 94 valence electrons. The molecule has 0 heterocycles. The minimum absolute atomic E-state index is 0.252. The second-order valence-electron chi connectivity index (χ2n) is 4.50. The summed E-state index contributed by atoms with van der Waals surface area (Å²) in [4.78, 5) is 0.